The first-order chi connectivity index (χ1) is 16.8. The Morgan fingerprint density at radius 2 is 2.11 bits per heavy atom. The Morgan fingerprint density at radius 1 is 1.29 bits per heavy atom. The minimum Gasteiger partial charge on any atom is -0.474 e. The number of aromatic nitrogens is 3. The Labute approximate surface area is 209 Å². The Kier molecular flexibility index (Phi) is 7.36. The highest BCUT2D eigenvalue weighted by atomic mass is 35.5. The number of nitriles is 1. The molecule has 3 heterocycles. The number of aliphatic hydroxyl groups is 1. The van der Waals surface area contributed by atoms with Crippen LogP contribution >= 0.6 is 11.6 Å². The Bertz CT molecular complexity index is 1260. The molecule has 9 nitrogen and oxygen atoms in total. The third-order valence-electron chi connectivity index (χ3n) is 5.70. The Balaban J connectivity index is 1.62. The van der Waals surface area contributed by atoms with Crippen LogP contribution in [0.25, 0.3) is 11.3 Å². The van der Waals surface area contributed by atoms with Gasteiger partial charge in [-0.2, -0.15) is 5.26 Å². The van der Waals surface area contributed by atoms with Crippen molar-refractivity contribution in [2.24, 2.45) is 0 Å². The van der Waals surface area contributed by atoms with Crippen LogP contribution in [0.15, 0.2) is 36.7 Å². The van der Waals surface area contributed by atoms with Crippen LogP contribution in [0.2, 0.25) is 5.02 Å². The largest absolute Gasteiger partial charge is 0.474 e. The molecule has 4 rings (SSSR count). The molecule has 1 unspecified atom stereocenters. The first-order valence-corrected chi connectivity index (χ1v) is 11.6. The van der Waals surface area contributed by atoms with Gasteiger partial charge < -0.3 is 25.2 Å². The molecule has 1 atom stereocenters. The van der Waals surface area contributed by atoms with E-state index in [9.17, 15) is 10.4 Å². The number of benzene rings is 1. The van der Waals surface area contributed by atoms with E-state index in [0.717, 1.165) is 16.8 Å². The quantitative estimate of drug-likeness (QED) is 0.373. The third kappa shape index (κ3) is 5.46. The number of nitrogens with zero attached hydrogens (tertiary/aromatic N) is 4. The van der Waals surface area contributed by atoms with Gasteiger partial charge in [-0.15, -0.1) is 0 Å². The zero-order valence-corrected chi connectivity index (χ0v) is 20.6. The van der Waals surface area contributed by atoms with E-state index < -0.39 is 5.41 Å². The normalized spacial score (nSPS) is 16.5. The van der Waals surface area contributed by atoms with E-state index in [1.807, 2.05) is 26.8 Å². The second-order valence-corrected chi connectivity index (χ2v) is 9.23. The average molecular weight is 495 g/mol. The fourth-order valence-corrected chi connectivity index (χ4v) is 3.98. The molecule has 1 aromatic carbocycles. The summed E-state index contributed by atoms with van der Waals surface area (Å²) in [6.07, 6.45) is 3.24. The minimum absolute atomic E-state index is 0.0371. The Hall–Kier alpha value is -3.45. The standard InChI is InChI=1S/C25H27ClN6O3/c1-15(2)34-6-7-35-23-21(10-18(26)12-29-23)32-24-28-5-4-20(31-24)16-8-17(11-27)22-19(9-16)25(3,14-33)13-30-22/h4-5,8-10,12,15,30,33H,6-7,13-14H2,1-3H3,(H,28,31,32). The maximum Gasteiger partial charge on any atom is 0.237 e. The van der Waals surface area contributed by atoms with Gasteiger partial charge in [0.15, 0.2) is 0 Å². The third-order valence-corrected chi connectivity index (χ3v) is 5.91. The monoisotopic (exact) mass is 494 g/mol. The molecule has 0 bridgehead atoms. The van der Waals surface area contributed by atoms with E-state index in [2.05, 4.69) is 31.7 Å². The summed E-state index contributed by atoms with van der Waals surface area (Å²) >= 11 is 6.16. The van der Waals surface area contributed by atoms with Crippen molar-refractivity contribution < 1.29 is 14.6 Å². The molecule has 10 heteroatoms. The Morgan fingerprint density at radius 3 is 2.86 bits per heavy atom. The second-order valence-electron chi connectivity index (χ2n) is 8.80. The number of fused-ring (bicyclic) bond motifs is 1. The van der Waals surface area contributed by atoms with Crippen LogP contribution in [0.3, 0.4) is 0 Å². The maximum atomic E-state index is 9.96. The lowest BCUT2D eigenvalue weighted by molar-refractivity contribution is 0.0544. The summed E-state index contributed by atoms with van der Waals surface area (Å²) in [7, 11) is 0. The van der Waals surface area contributed by atoms with E-state index in [1.54, 1.807) is 24.4 Å². The first kappa shape index (κ1) is 24.7. The van der Waals surface area contributed by atoms with Crippen molar-refractivity contribution in [3.05, 3.63) is 52.8 Å². The minimum atomic E-state index is -0.483. The summed E-state index contributed by atoms with van der Waals surface area (Å²) in [5, 5.41) is 26.5. The van der Waals surface area contributed by atoms with Gasteiger partial charge in [0.1, 0.15) is 18.4 Å². The molecule has 182 valence electrons. The number of halogens is 1. The van der Waals surface area contributed by atoms with E-state index in [4.69, 9.17) is 21.1 Å². The molecule has 0 radical (unpaired) electrons. The summed E-state index contributed by atoms with van der Waals surface area (Å²) in [6.45, 7) is 7.15. The van der Waals surface area contributed by atoms with Crippen molar-refractivity contribution in [3.8, 4) is 23.2 Å². The molecule has 2 aromatic heterocycles. The molecule has 1 aliphatic rings. The molecule has 35 heavy (non-hydrogen) atoms. The van der Waals surface area contributed by atoms with E-state index in [0.29, 0.717) is 53.6 Å². The fraction of sp³-hybridized carbons (Fsp3) is 0.360. The molecule has 0 spiro atoms. The van der Waals surface area contributed by atoms with Gasteiger partial charge in [0.05, 0.1) is 41.3 Å². The number of anilines is 3. The van der Waals surface area contributed by atoms with Crippen molar-refractivity contribution >= 4 is 28.9 Å². The SMILES string of the molecule is CC(C)OCCOc1ncc(Cl)cc1Nc1nccc(-c2cc(C#N)c3c(c2)C(C)(CO)CN3)n1. The van der Waals surface area contributed by atoms with Crippen molar-refractivity contribution in [3.63, 3.8) is 0 Å². The first-order valence-electron chi connectivity index (χ1n) is 11.3. The molecule has 1 aliphatic heterocycles. The highest BCUT2D eigenvalue weighted by molar-refractivity contribution is 6.30. The van der Waals surface area contributed by atoms with E-state index >= 15 is 0 Å². The lowest BCUT2D eigenvalue weighted by atomic mass is 9.83. The summed E-state index contributed by atoms with van der Waals surface area (Å²) in [6, 6.07) is 9.44. The summed E-state index contributed by atoms with van der Waals surface area (Å²) in [5.41, 5.74) is 3.55. The number of aliphatic hydroxyl groups excluding tert-OH is 1. The lowest BCUT2D eigenvalue weighted by Crippen LogP contribution is -2.28. The average Bonchev–Trinajstić information content (AvgIpc) is 3.19. The predicted molar refractivity (Wildman–Crippen MR) is 134 cm³/mol. The molecule has 3 aromatic rings. The van der Waals surface area contributed by atoms with Gasteiger partial charge in [0, 0.05) is 29.9 Å². The van der Waals surface area contributed by atoms with Gasteiger partial charge in [-0.3, -0.25) is 0 Å². The van der Waals surface area contributed by atoms with Crippen LogP contribution in [0.1, 0.15) is 31.9 Å². The molecule has 0 amide bonds. The van der Waals surface area contributed by atoms with E-state index in [1.165, 1.54) is 6.20 Å². The number of rotatable bonds is 9. The van der Waals surface area contributed by atoms with Crippen molar-refractivity contribution in [1.82, 2.24) is 15.0 Å². The van der Waals surface area contributed by atoms with Gasteiger partial charge in [0.25, 0.3) is 0 Å². The zero-order valence-electron chi connectivity index (χ0n) is 19.8. The van der Waals surface area contributed by atoms with Gasteiger partial charge >= 0.3 is 0 Å². The van der Waals surface area contributed by atoms with Crippen LogP contribution in [-0.2, 0) is 10.2 Å². The number of pyridine rings is 1. The summed E-state index contributed by atoms with van der Waals surface area (Å²) < 4.78 is 11.3. The number of hydrogen-bond acceptors (Lipinski definition) is 9. The fourth-order valence-electron chi connectivity index (χ4n) is 3.82. The van der Waals surface area contributed by atoms with Gasteiger partial charge in [-0.25, -0.2) is 15.0 Å². The van der Waals surface area contributed by atoms with Crippen LogP contribution < -0.4 is 15.4 Å². The maximum absolute atomic E-state index is 9.96. The molecular formula is C25H27ClN6O3. The molecule has 0 fully saturated rings. The highest BCUT2D eigenvalue weighted by Gasteiger charge is 2.36. The molecule has 0 saturated heterocycles. The number of ether oxygens (including phenoxy) is 2. The van der Waals surface area contributed by atoms with Crippen LogP contribution in [-0.4, -0.2) is 52.5 Å². The predicted octanol–water partition coefficient (Wildman–Crippen LogP) is 4.29. The van der Waals surface area contributed by atoms with Crippen molar-refractivity contribution in [2.75, 3.05) is 37.0 Å². The number of nitrogens with one attached hydrogen (secondary N) is 2. The molecule has 0 saturated carbocycles. The van der Waals surface area contributed by atoms with Crippen molar-refractivity contribution in [1.29, 1.82) is 5.26 Å². The van der Waals surface area contributed by atoms with Gasteiger partial charge in [0.2, 0.25) is 11.8 Å². The smallest absolute Gasteiger partial charge is 0.237 e. The van der Waals surface area contributed by atoms with Crippen LogP contribution in [0, 0.1) is 11.3 Å². The molecular weight excluding hydrogens is 468 g/mol. The topological polar surface area (TPSA) is 125 Å². The molecule has 0 aliphatic carbocycles. The lowest BCUT2D eigenvalue weighted by Gasteiger charge is -2.21. The summed E-state index contributed by atoms with van der Waals surface area (Å²) in [5.74, 6) is 0.668. The second kappa shape index (κ2) is 10.4. The van der Waals surface area contributed by atoms with Crippen LogP contribution in [0.5, 0.6) is 5.88 Å². The summed E-state index contributed by atoms with van der Waals surface area (Å²) in [4.78, 5) is 13.2. The van der Waals surface area contributed by atoms with E-state index in [-0.39, 0.29) is 12.7 Å². The van der Waals surface area contributed by atoms with Crippen molar-refractivity contribution in [2.45, 2.75) is 32.3 Å². The zero-order chi connectivity index (χ0) is 25.0. The van der Waals surface area contributed by atoms with Gasteiger partial charge in [-0.1, -0.05) is 18.5 Å². The molecule has 3 N–H and O–H groups in total. The number of hydrogen-bond donors (Lipinski definition) is 3. The van der Waals surface area contributed by atoms with Crippen LogP contribution in [0.4, 0.5) is 17.3 Å². The highest BCUT2D eigenvalue weighted by Crippen LogP contribution is 2.41. The van der Waals surface area contributed by atoms with Gasteiger partial charge in [-0.05, 0) is 43.7 Å².